The first kappa shape index (κ1) is 20.4. The number of nitrogens with zero attached hydrogens (tertiary/aromatic N) is 4. The first-order valence-electron chi connectivity index (χ1n) is 10.5. The van der Waals surface area contributed by atoms with E-state index in [1.165, 1.54) is 44.5 Å². The minimum atomic E-state index is 0.849. The van der Waals surface area contributed by atoms with Crippen LogP contribution in [0.1, 0.15) is 31.7 Å². The van der Waals surface area contributed by atoms with Gasteiger partial charge in [-0.15, -0.1) is 0 Å². The summed E-state index contributed by atoms with van der Waals surface area (Å²) in [7, 11) is 1.84. The highest BCUT2D eigenvalue weighted by Crippen LogP contribution is 2.19. The van der Waals surface area contributed by atoms with Crippen molar-refractivity contribution in [2.24, 2.45) is 10.9 Å². The van der Waals surface area contributed by atoms with E-state index in [0.717, 1.165) is 37.1 Å². The first-order chi connectivity index (χ1) is 13.8. The highest BCUT2D eigenvalue weighted by Gasteiger charge is 2.17. The average molecular weight is 383 g/mol. The maximum Gasteiger partial charge on any atom is 0.190 e. The lowest BCUT2D eigenvalue weighted by Gasteiger charge is -2.31. The van der Waals surface area contributed by atoms with Gasteiger partial charge in [0.2, 0.25) is 0 Å². The van der Waals surface area contributed by atoms with Gasteiger partial charge in [-0.05, 0) is 75.0 Å². The van der Waals surface area contributed by atoms with E-state index in [4.69, 9.17) is 0 Å². The molecule has 1 aliphatic heterocycles. The van der Waals surface area contributed by atoms with Crippen LogP contribution in [0.2, 0.25) is 0 Å². The molecule has 1 aromatic carbocycles. The van der Waals surface area contributed by atoms with E-state index < -0.39 is 0 Å². The molecule has 1 aliphatic rings. The van der Waals surface area contributed by atoms with Gasteiger partial charge in [-0.1, -0.05) is 19.1 Å². The summed E-state index contributed by atoms with van der Waals surface area (Å²) >= 11 is 0. The molecule has 28 heavy (non-hydrogen) atoms. The maximum atomic E-state index is 4.35. The SMILES string of the molecule is CCN1CCC(CCNC(=NC)NCCc2ccc(-n3cccn3)cc2)CC1. The van der Waals surface area contributed by atoms with Gasteiger partial charge in [0, 0.05) is 32.5 Å². The Kier molecular flexibility index (Phi) is 7.91. The Morgan fingerprint density at radius 1 is 1.14 bits per heavy atom. The van der Waals surface area contributed by atoms with Crippen LogP contribution in [0.15, 0.2) is 47.7 Å². The number of piperidine rings is 1. The molecule has 6 nitrogen and oxygen atoms in total. The molecular formula is C22H34N6. The number of guanidine groups is 1. The third-order valence-electron chi connectivity index (χ3n) is 5.63. The largest absolute Gasteiger partial charge is 0.356 e. The van der Waals surface area contributed by atoms with Crippen molar-refractivity contribution in [2.45, 2.75) is 32.6 Å². The Hall–Kier alpha value is -2.34. The van der Waals surface area contributed by atoms with E-state index >= 15 is 0 Å². The lowest BCUT2D eigenvalue weighted by Crippen LogP contribution is -2.40. The molecule has 0 radical (unpaired) electrons. The number of aliphatic imine (C=N–C) groups is 1. The quantitative estimate of drug-likeness (QED) is 0.544. The van der Waals surface area contributed by atoms with E-state index in [1.807, 2.05) is 24.0 Å². The molecule has 2 aromatic rings. The molecule has 2 heterocycles. The number of aromatic nitrogens is 2. The third kappa shape index (κ3) is 6.09. The van der Waals surface area contributed by atoms with Gasteiger partial charge in [-0.3, -0.25) is 4.99 Å². The summed E-state index contributed by atoms with van der Waals surface area (Å²) < 4.78 is 1.87. The predicted octanol–water partition coefficient (Wildman–Crippen LogP) is 2.70. The summed E-state index contributed by atoms with van der Waals surface area (Å²) in [6, 6.07) is 10.5. The first-order valence-corrected chi connectivity index (χ1v) is 10.5. The van der Waals surface area contributed by atoms with Crippen LogP contribution in [0, 0.1) is 5.92 Å². The fourth-order valence-electron chi connectivity index (χ4n) is 3.77. The lowest BCUT2D eigenvalue weighted by atomic mass is 9.93. The number of likely N-dealkylation sites (tertiary alicyclic amines) is 1. The molecule has 0 saturated carbocycles. The van der Waals surface area contributed by atoms with Crippen molar-refractivity contribution in [1.29, 1.82) is 0 Å². The molecule has 1 saturated heterocycles. The Morgan fingerprint density at radius 2 is 1.89 bits per heavy atom. The lowest BCUT2D eigenvalue weighted by molar-refractivity contribution is 0.187. The van der Waals surface area contributed by atoms with E-state index in [0.29, 0.717) is 0 Å². The molecule has 1 fully saturated rings. The Morgan fingerprint density at radius 3 is 2.54 bits per heavy atom. The maximum absolute atomic E-state index is 4.35. The van der Waals surface area contributed by atoms with Gasteiger partial charge in [0.25, 0.3) is 0 Å². The van der Waals surface area contributed by atoms with Crippen molar-refractivity contribution in [3.05, 3.63) is 48.3 Å². The van der Waals surface area contributed by atoms with Crippen molar-refractivity contribution in [1.82, 2.24) is 25.3 Å². The molecule has 0 atom stereocenters. The second kappa shape index (κ2) is 10.9. The molecule has 0 amide bonds. The van der Waals surface area contributed by atoms with Gasteiger partial charge in [0.15, 0.2) is 5.96 Å². The van der Waals surface area contributed by atoms with E-state index in [9.17, 15) is 0 Å². The summed E-state index contributed by atoms with van der Waals surface area (Å²) in [5, 5.41) is 11.2. The molecule has 152 valence electrons. The van der Waals surface area contributed by atoms with Crippen molar-refractivity contribution in [3.63, 3.8) is 0 Å². The van der Waals surface area contributed by atoms with Gasteiger partial charge in [0.05, 0.1) is 5.69 Å². The van der Waals surface area contributed by atoms with Gasteiger partial charge >= 0.3 is 0 Å². The van der Waals surface area contributed by atoms with Crippen molar-refractivity contribution in [2.75, 3.05) is 39.8 Å². The number of rotatable bonds is 8. The molecule has 0 bridgehead atoms. The fourth-order valence-corrected chi connectivity index (χ4v) is 3.77. The Balaban J connectivity index is 1.33. The molecule has 0 aliphatic carbocycles. The summed E-state index contributed by atoms with van der Waals surface area (Å²) in [6.45, 7) is 7.82. The van der Waals surface area contributed by atoms with Crippen LogP contribution in [-0.2, 0) is 6.42 Å². The topological polar surface area (TPSA) is 57.5 Å². The zero-order chi connectivity index (χ0) is 19.6. The minimum absolute atomic E-state index is 0.849. The number of benzene rings is 1. The van der Waals surface area contributed by atoms with Crippen molar-refractivity contribution < 1.29 is 0 Å². The van der Waals surface area contributed by atoms with Crippen LogP contribution in [0.5, 0.6) is 0 Å². The predicted molar refractivity (Wildman–Crippen MR) is 116 cm³/mol. The van der Waals surface area contributed by atoms with Crippen LogP contribution in [0.4, 0.5) is 0 Å². The van der Waals surface area contributed by atoms with E-state index in [1.54, 1.807) is 6.20 Å². The average Bonchev–Trinajstić information content (AvgIpc) is 3.28. The second-order valence-corrected chi connectivity index (χ2v) is 7.46. The summed E-state index contributed by atoms with van der Waals surface area (Å²) in [6.07, 6.45) is 8.61. The number of nitrogens with one attached hydrogen (secondary N) is 2. The summed E-state index contributed by atoms with van der Waals surface area (Å²) in [5.41, 5.74) is 2.39. The van der Waals surface area contributed by atoms with Crippen LogP contribution >= 0.6 is 0 Å². The van der Waals surface area contributed by atoms with Crippen molar-refractivity contribution in [3.8, 4) is 5.69 Å². The second-order valence-electron chi connectivity index (χ2n) is 7.46. The van der Waals surface area contributed by atoms with Crippen LogP contribution in [-0.4, -0.2) is 60.4 Å². The Labute approximate surface area is 169 Å². The van der Waals surface area contributed by atoms with Crippen molar-refractivity contribution >= 4 is 5.96 Å². The van der Waals surface area contributed by atoms with Gasteiger partial charge in [-0.25, -0.2) is 4.68 Å². The zero-order valence-electron chi connectivity index (χ0n) is 17.3. The van der Waals surface area contributed by atoms with Crippen LogP contribution in [0.25, 0.3) is 5.69 Å². The minimum Gasteiger partial charge on any atom is -0.356 e. The molecule has 6 heteroatoms. The van der Waals surface area contributed by atoms with Gasteiger partial charge in [-0.2, -0.15) is 5.10 Å². The highest BCUT2D eigenvalue weighted by molar-refractivity contribution is 5.79. The Bertz CT molecular complexity index is 699. The number of hydrogen-bond acceptors (Lipinski definition) is 3. The van der Waals surface area contributed by atoms with E-state index in [-0.39, 0.29) is 0 Å². The molecule has 0 spiro atoms. The monoisotopic (exact) mass is 382 g/mol. The fraction of sp³-hybridized carbons (Fsp3) is 0.545. The smallest absolute Gasteiger partial charge is 0.190 e. The summed E-state index contributed by atoms with van der Waals surface area (Å²) in [5.74, 6) is 1.75. The molecular weight excluding hydrogens is 348 g/mol. The van der Waals surface area contributed by atoms with E-state index in [2.05, 4.69) is 56.8 Å². The highest BCUT2D eigenvalue weighted by atomic mass is 15.3. The summed E-state index contributed by atoms with van der Waals surface area (Å²) in [4.78, 5) is 6.90. The molecule has 2 N–H and O–H groups in total. The van der Waals surface area contributed by atoms with Gasteiger partial charge in [0.1, 0.15) is 0 Å². The van der Waals surface area contributed by atoms with Crippen LogP contribution < -0.4 is 10.6 Å². The standard InChI is InChI=1S/C22H34N6/c1-3-27-17-11-20(12-18-27)10-15-25-22(23-2)24-14-9-19-5-7-21(8-6-19)28-16-4-13-26-28/h4-8,13,16,20H,3,9-12,14-15,17-18H2,1-2H3,(H2,23,24,25). The molecule has 0 unspecified atom stereocenters. The molecule has 3 rings (SSSR count). The van der Waals surface area contributed by atoms with Gasteiger partial charge < -0.3 is 15.5 Å². The molecule has 1 aromatic heterocycles. The number of hydrogen-bond donors (Lipinski definition) is 2. The van der Waals surface area contributed by atoms with Crippen LogP contribution in [0.3, 0.4) is 0 Å². The zero-order valence-corrected chi connectivity index (χ0v) is 17.3. The third-order valence-corrected chi connectivity index (χ3v) is 5.63. The normalized spacial score (nSPS) is 16.3.